The van der Waals surface area contributed by atoms with E-state index >= 15 is 0 Å². The molecule has 1 saturated heterocycles. The molecule has 5 rings (SSSR count). The first kappa shape index (κ1) is 18.0. The fourth-order valence-electron chi connectivity index (χ4n) is 3.86. The van der Waals surface area contributed by atoms with Crippen LogP contribution >= 0.6 is 11.3 Å². The fourth-order valence-corrected chi connectivity index (χ4v) is 4.71. The summed E-state index contributed by atoms with van der Waals surface area (Å²) in [7, 11) is 0. The van der Waals surface area contributed by atoms with Gasteiger partial charge < -0.3 is 14.2 Å². The molecule has 0 N–H and O–H groups in total. The third-order valence-electron chi connectivity index (χ3n) is 5.22. The van der Waals surface area contributed by atoms with Crippen LogP contribution in [0.1, 0.15) is 5.56 Å². The summed E-state index contributed by atoms with van der Waals surface area (Å²) >= 11 is 1.03. The number of morpholine rings is 1. The van der Waals surface area contributed by atoms with Gasteiger partial charge in [0.2, 0.25) is 5.43 Å². The molecular formula is C22H19N3O3S. The van der Waals surface area contributed by atoms with Crippen LogP contribution in [0.4, 0.5) is 5.82 Å². The van der Waals surface area contributed by atoms with Crippen LogP contribution in [-0.4, -0.2) is 35.9 Å². The summed E-state index contributed by atoms with van der Waals surface area (Å²) in [6, 6.07) is 17.6. The maximum atomic E-state index is 13.5. The molecule has 29 heavy (non-hydrogen) atoms. The molecule has 1 aliphatic rings. The Morgan fingerprint density at radius 3 is 2.48 bits per heavy atom. The molecule has 0 bridgehead atoms. The first-order valence-electron chi connectivity index (χ1n) is 9.55. The lowest BCUT2D eigenvalue weighted by Crippen LogP contribution is -2.38. The van der Waals surface area contributed by atoms with Crippen molar-refractivity contribution in [3.05, 3.63) is 80.1 Å². The Bertz CT molecular complexity index is 1310. The van der Waals surface area contributed by atoms with Gasteiger partial charge in [-0.05, 0) is 17.7 Å². The van der Waals surface area contributed by atoms with E-state index in [1.54, 1.807) is 0 Å². The lowest BCUT2D eigenvalue weighted by Gasteiger charge is -2.28. The Balaban J connectivity index is 1.86. The van der Waals surface area contributed by atoms with Crippen LogP contribution in [0.3, 0.4) is 0 Å². The summed E-state index contributed by atoms with van der Waals surface area (Å²) in [5.74, 6) is 0.476. The maximum Gasteiger partial charge on any atom is 0.330 e. The minimum atomic E-state index is -0.296. The number of benzene rings is 2. The van der Waals surface area contributed by atoms with E-state index in [4.69, 9.17) is 4.74 Å². The first-order valence-corrected chi connectivity index (χ1v) is 10.4. The minimum absolute atomic E-state index is 0.0786. The van der Waals surface area contributed by atoms with E-state index in [0.717, 1.165) is 22.4 Å². The van der Waals surface area contributed by atoms with E-state index in [1.807, 2.05) is 59.5 Å². The van der Waals surface area contributed by atoms with Crippen LogP contribution in [0, 0.1) is 0 Å². The first-order chi connectivity index (χ1) is 14.2. The summed E-state index contributed by atoms with van der Waals surface area (Å²) in [4.78, 5) is 32.6. The molecule has 0 atom stereocenters. The van der Waals surface area contributed by atoms with Crippen LogP contribution in [-0.2, 0) is 11.3 Å². The Hall–Kier alpha value is -3.03. The van der Waals surface area contributed by atoms with Crippen molar-refractivity contribution < 1.29 is 4.74 Å². The molecule has 6 nitrogen and oxygen atoms in total. The molecule has 0 unspecified atom stereocenters. The van der Waals surface area contributed by atoms with Gasteiger partial charge in [-0.25, -0.2) is 0 Å². The predicted molar refractivity (Wildman–Crippen MR) is 116 cm³/mol. The summed E-state index contributed by atoms with van der Waals surface area (Å²) in [6.07, 6.45) is 0. The van der Waals surface area contributed by atoms with E-state index in [0.29, 0.717) is 54.3 Å². The standard InChI is InChI=1S/C22H19N3O3S/c26-19-16-8-4-5-9-17(16)25(14-15-6-2-1-3-7-15)21-18(19)20(23-22(27)29-21)24-10-12-28-13-11-24/h1-9H,10-14H2. The predicted octanol–water partition coefficient (Wildman–Crippen LogP) is 2.86. The van der Waals surface area contributed by atoms with E-state index in [-0.39, 0.29) is 10.3 Å². The minimum Gasteiger partial charge on any atom is -0.378 e. The average molecular weight is 405 g/mol. The van der Waals surface area contributed by atoms with E-state index < -0.39 is 0 Å². The molecule has 0 spiro atoms. The molecule has 0 amide bonds. The number of nitrogens with zero attached hydrogens (tertiary/aromatic N) is 3. The van der Waals surface area contributed by atoms with Crippen molar-refractivity contribution in [3.63, 3.8) is 0 Å². The van der Waals surface area contributed by atoms with Crippen molar-refractivity contribution >= 4 is 38.3 Å². The molecule has 3 heterocycles. The quantitative estimate of drug-likeness (QED) is 0.491. The summed E-state index contributed by atoms with van der Waals surface area (Å²) in [5, 5.41) is 1.16. The Kier molecular flexibility index (Phi) is 4.61. The highest BCUT2D eigenvalue weighted by molar-refractivity contribution is 7.15. The second-order valence-electron chi connectivity index (χ2n) is 7.00. The van der Waals surface area contributed by atoms with Gasteiger partial charge in [0, 0.05) is 25.0 Å². The van der Waals surface area contributed by atoms with Gasteiger partial charge in [0.15, 0.2) is 0 Å². The monoisotopic (exact) mass is 405 g/mol. The topological polar surface area (TPSA) is 64.4 Å². The van der Waals surface area contributed by atoms with Gasteiger partial charge in [-0.1, -0.05) is 53.8 Å². The number of rotatable bonds is 3. The van der Waals surface area contributed by atoms with Crippen molar-refractivity contribution in [2.45, 2.75) is 6.54 Å². The number of pyridine rings is 1. The van der Waals surface area contributed by atoms with Crippen LogP contribution in [0.15, 0.2) is 64.2 Å². The van der Waals surface area contributed by atoms with Gasteiger partial charge in [0.25, 0.3) is 0 Å². The fraction of sp³-hybridized carbons (Fsp3) is 0.227. The van der Waals surface area contributed by atoms with Gasteiger partial charge in [-0.2, -0.15) is 4.98 Å². The average Bonchev–Trinajstić information content (AvgIpc) is 2.77. The van der Waals surface area contributed by atoms with Crippen molar-refractivity contribution in [2.75, 3.05) is 31.2 Å². The number of aromatic nitrogens is 2. The molecule has 1 aliphatic heterocycles. The second-order valence-corrected chi connectivity index (χ2v) is 7.94. The highest BCUT2D eigenvalue weighted by atomic mass is 32.1. The smallest absolute Gasteiger partial charge is 0.330 e. The molecule has 146 valence electrons. The van der Waals surface area contributed by atoms with Gasteiger partial charge >= 0.3 is 4.87 Å². The van der Waals surface area contributed by atoms with Crippen LogP contribution in [0.25, 0.3) is 21.1 Å². The molecule has 1 fully saturated rings. The zero-order chi connectivity index (χ0) is 19.8. The number of hydrogen-bond donors (Lipinski definition) is 0. The summed E-state index contributed by atoms with van der Waals surface area (Å²) in [6.45, 7) is 2.91. The van der Waals surface area contributed by atoms with Crippen LogP contribution in [0.5, 0.6) is 0 Å². The molecule has 0 radical (unpaired) electrons. The molecule has 0 aliphatic carbocycles. The number of anilines is 1. The molecule has 4 aromatic rings. The highest BCUT2D eigenvalue weighted by Crippen LogP contribution is 2.28. The Labute approximate surface area is 170 Å². The molecular weight excluding hydrogens is 386 g/mol. The number of ether oxygens (including phenoxy) is 1. The molecule has 2 aromatic heterocycles. The van der Waals surface area contributed by atoms with Gasteiger partial charge in [-0.3, -0.25) is 9.59 Å². The number of fused-ring (bicyclic) bond motifs is 2. The van der Waals surface area contributed by atoms with Crippen molar-refractivity contribution in [3.8, 4) is 0 Å². The van der Waals surface area contributed by atoms with Gasteiger partial charge in [0.1, 0.15) is 10.6 Å². The van der Waals surface area contributed by atoms with E-state index in [9.17, 15) is 9.59 Å². The molecule has 2 aromatic carbocycles. The maximum absolute atomic E-state index is 13.5. The summed E-state index contributed by atoms with van der Waals surface area (Å²) in [5.41, 5.74) is 1.85. The number of para-hydroxylation sites is 1. The number of hydrogen-bond acceptors (Lipinski definition) is 6. The van der Waals surface area contributed by atoms with E-state index in [2.05, 4.69) is 9.55 Å². The van der Waals surface area contributed by atoms with Crippen molar-refractivity contribution in [1.82, 2.24) is 9.55 Å². The third kappa shape index (κ3) is 3.22. The van der Waals surface area contributed by atoms with Crippen molar-refractivity contribution in [1.29, 1.82) is 0 Å². The Morgan fingerprint density at radius 2 is 1.69 bits per heavy atom. The zero-order valence-corrected chi connectivity index (χ0v) is 16.5. The molecule has 0 saturated carbocycles. The summed E-state index contributed by atoms with van der Waals surface area (Å²) < 4.78 is 7.51. The molecule has 7 heteroatoms. The second kappa shape index (κ2) is 7.42. The normalized spacial score (nSPS) is 14.6. The Morgan fingerprint density at radius 1 is 0.966 bits per heavy atom. The zero-order valence-electron chi connectivity index (χ0n) is 15.7. The third-order valence-corrected chi connectivity index (χ3v) is 6.11. The van der Waals surface area contributed by atoms with E-state index in [1.165, 1.54) is 0 Å². The lowest BCUT2D eigenvalue weighted by atomic mass is 10.1. The SMILES string of the molecule is O=c1nc(N2CCOCC2)c2c(=O)c3ccccc3n(Cc3ccccc3)c2s1. The van der Waals surface area contributed by atoms with Gasteiger partial charge in [-0.15, -0.1) is 0 Å². The highest BCUT2D eigenvalue weighted by Gasteiger charge is 2.22. The van der Waals surface area contributed by atoms with Gasteiger partial charge in [0.05, 0.1) is 24.1 Å². The van der Waals surface area contributed by atoms with Crippen LogP contribution < -0.4 is 15.2 Å². The van der Waals surface area contributed by atoms with Crippen LogP contribution in [0.2, 0.25) is 0 Å². The lowest BCUT2D eigenvalue weighted by molar-refractivity contribution is 0.122. The van der Waals surface area contributed by atoms with Crippen molar-refractivity contribution in [2.24, 2.45) is 0 Å². The largest absolute Gasteiger partial charge is 0.378 e.